The summed E-state index contributed by atoms with van der Waals surface area (Å²) >= 11 is 0. The number of benzene rings is 2. The lowest BCUT2D eigenvalue weighted by molar-refractivity contribution is 0.0729. The molecule has 1 saturated heterocycles. The van der Waals surface area contributed by atoms with Crippen LogP contribution in [0, 0.1) is 0 Å². The van der Waals surface area contributed by atoms with Crippen molar-refractivity contribution in [3.8, 4) is 5.75 Å². The highest BCUT2D eigenvalue weighted by molar-refractivity contribution is 7.92. The summed E-state index contributed by atoms with van der Waals surface area (Å²) in [5.41, 5.74) is -0.240. The molecule has 1 aromatic heterocycles. The molecule has 0 spiro atoms. The van der Waals surface area contributed by atoms with Gasteiger partial charge < -0.3 is 13.9 Å². The zero-order valence-electron chi connectivity index (χ0n) is 17.0. The molecule has 1 aliphatic heterocycles. The molecule has 4 rings (SSSR count). The summed E-state index contributed by atoms with van der Waals surface area (Å²) in [7, 11) is -6.65. The monoisotopic (exact) mass is 480 g/mol. The van der Waals surface area contributed by atoms with Crippen molar-refractivity contribution in [1.29, 1.82) is 0 Å². The first-order valence-electron chi connectivity index (χ1n) is 9.53. The zero-order valence-corrected chi connectivity index (χ0v) is 18.6. The lowest BCUT2D eigenvalue weighted by atomic mass is 10.2. The first kappa shape index (κ1) is 22.3. The second-order valence-electron chi connectivity index (χ2n) is 6.94. The van der Waals surface area contributed by atoms with Crippen LogP contribution in [-0.4, -0.2) is 54.6 Å². The van der Waals surface area contributed by atoms with Gasteiger partial charge in [-0.15, -0.1) is 0 Å². The third kappa shape index (κ3) is 4.35. The molecular weight excluding hydrogens is 460 g/mol. The van der Waals surface area contributed by atoms with E-state index in [-0.39, 0.29) is 53.1 Å². The van der Waals surface area contributed by atoms with Gasteiger partial charge in [-0.05, 0) is 42.5 Å². The van der Waals surface area contributed by atoms with Crippen molar-refractivity contribution in [2.45, 2.75) is 9.79 Å². The molecule has 2 heterocycles. The molecule has 12 heteroatoms. The van der Waals surface area contributed by atoms with E-state index in [0.717, 1.165) is 0 Å². The van der Waals surface area contributed by atoms with E-state index in [0.29, 0.717) is 5.39 Å². The van der Waals surface area contributed by atoms with Crippen LogP contribution in [-0.2, 0) is 24.8 Å². The average molecular weight is 481 g/mol. The largest absolute Gasteiger partial charge is 0.495 e. The summed E-state index contributed by atoms with van der Waals surface area (Å²) in [4.78, 5) is 11.1. The molecule has 0 unspecified atom stereocenters. The van der Waals surface area contributed by atoms with E-state index >= 15 is 0 Å². The Labute approximate surface area is 184 Å². The Morgan fingerprint density at radius 1 is 0.969 bits per heavy atom. The normalized spacial score (nSPS) is 15.5. The lowest BCUT2D eigenvalue weighted by Crippen LogP contribution is -2.40. The van der Waals surface area contributed by atoms with Gasteiger partial charge in [-0.1, -0.05) is 0 Å². The quantitative estimate of drug-likeness (QED) is 0.527. The summed E-state index contributed by atoms with van der Waals surface area (Å²) in [6, 6.07) is 10.7. The molecule has 32 heavy (non-hydrogen) atoms. The van der Waals surface area contributed by atoms with E-state index in [1.807, 2.05) is 0 Å². The number of rotatable bonds is 6. The molecule has 0 saturated carbocycles. The van der Waals surface area contributed by atoms with Crippen molar-refractivity contribution in [3.63, 3.8) is 0 Å². The fraction of sp³-hybridized carbons (Fsp3) is 0.250. The van der Waals surface area contributed by atoms with Crippen LogP contribution in [0.5, 0.6) is 5.75 Å². The molecule has 1 aliphatic rings. The first-order valence-corrected chi connectivity index (χ1v) is 12.5. The molecule has 2 aromatic carbocycles. The van der Waals surface area contributed by atoms with Crippen LogP contribution in [0.3, 0.4) is 0 Å². The van der Waals surface area contributed by atoms with Gasteiger partial charge in [0.25, 0.3) is 10.0 Å². The van der Waals surface area contributed by atoms with Crippen LogP contribution in [0.4, 0.5) is 5.69 Å². The van der Waals surface area contributed by atoms with Crippen molar-refractivity contribution in [2.75, 3.05) is 38.1 Å². The minimum Gasteiger partial charge on any atom is -0.495 e. The van der Waals surface area contributed by atoms with Crippen LogP contribution in [0.1, 0.15) is 0 Å². The highest BCUT2D eigenvalue weighted by atomic mass is 32.2. The summed E-state index contributed by atoms with van der Waals surface area (Å²) in [5.74, 6) is 0.0974. The van der Waals surface area contributed by atoms with Gasteiger partial charge in [-0.25, -0.2) is 21.6 Å². The Hall–Kier alpha value is -2.93. The summed E-state index contributed by atoms with van der Waals surface area (Å²) in [6.45, 7) is 0.926. The van der Waals surface area contributed by atoms with E-state index in [1.165, 1.54) is 59.9 Å². The maximum absolute atomic E-state index is 13.1. The molecule has 1 fully saturated rings. The smallest absolute Gasteiger partial charge is 0.336 e. The van der Waals surface area contributed by atoms with Gasteiger partial charge in [0.05, 0.1) is 30.9 Å². The lowest BCUT2D eigenvalue weighted by Gasteiger charge is -2.26. The van der Waals surface area contributed by atoms with E-state index in [9.17, 15) is 21.6 Å². The second-order valence-corrected chi connectivity index (χ2v) is 10.5. The predicted molar refractivity (Wildman–Crippen MR) is 116 cm³/mol. The van der Waals surface area contributed by atoms with Crippen LogP contribution >= 0.6 is 0 Å². The fourth-order valence-electron chi connectivity index (χ4n) is 3.30. The Balaban J connectivity index is 1.69. The van der Waals surface area contributed by atoms with Crippen molar-refractivity contribution < 1.29 is 30.7 Å². The van der Waals surface area contributed by atoms with Crippen LogP contribution in [0.25, 0.3) is 11.0 Å². The number of methoxy groups -OCH3 is 1. The summed E-state index contributed by atoms with van der Waals surface area (Å²) < 4.78 is 71.1. The standard InChI is InChI=1S/C20H20N2O8S2/c1-28-18-5-3-15(13-19(18)32(26,27)22-8-10-29-11-9-22)21-31(24,25)16-4-6-17-14(12-16)2-7-20(23)30-17/h2-7,12-13,21H,8-11H2,1H3. The number of hydrogen-bond acceptors (Lipinski definition) is 8. The van der Waals surface area contributed by atoms with Gasteiger partial charge in [-0.2, -0.15) is 4.31 Å². The molecular formula is C20H20N2O8S2. The predicted octanol–water partition coefficient (Wildman–Crippen LogP) is 1.62. The maximum atomic E-state index is 13.1. The first-order chi connectivity index (χ1) is 15.2. The molecule has 1 N–H and O–H groups in total. The van der Waals surface area contributed by atoms with Crippen molar-refractivity contribution in [1.82, 2.24) is 4.31 Å². The third-order valence-corrected chi connectivity index (χ3v) is 8.20. The number of ether oxygens (including phenoxy) is 2. The third-order valence-electron chi connectivity index (χ3n) is 4.90. The summed E-state index contributed by atoms with van der Waals surface area (Å²) in [6.07, 6.45) is 0. The number of nitrogens with zero attached hydrogens (tertiary/aromatic N) is 1. The van der Waals surface area contributed by atoms with Crippen molar-refractivity contribution >= 4 is 36.7 Å². The highest BCUT2D eigenvalue weighted by Gasteiger charge is 2.30. The fourth-order valence-corrected chi connectivity index (χ4v) is 5.97. The number of morpholine rings is 1. The minimum atomic E-state index is -4.06. The molecule has 0 atom stereocenters. The average Bonchev–Trinajstić information content (AvgIpc) is 2.79. The molecule has 10 nitrogen and oxygen atoms in total. The minimum absolute atomic E-state index is 0.0531. The zero-order chi connectivity index (χ0) is 22.9. The van der Waals surface area contributed by atoms with Gasteiger partial charge in [0.1, 0.15) is 16.2 Å². The van der Waals surface area contributed by atoms with Gasteiger partial charge in [0.2, 0.25) is 10.0 Å². The molecule has 0 amide bonds. The van der Waals surface area contributed by atoms with Gasteiger partial charge in [-0.3, -0.25) is 4.72 Å². The molecule has 0 bridgehead atoms. The van der Waals surface area contributed by atoms with Crippen LogP contribution in [0.2, 0.25) is 0 Å². The van der Waals surface area contributed by atoms with Gasteiger partial charge in [0.15, 0.2) is 0 Å². The van der Waals surface area contributed by atoms with Crippen LogP contribution in [0.15, 0.2) is 67.5 Å². The summed E-state index contributed by atoms with van der Waals surface area (Å²) in [5, 5.41) is 0.429. The number of anilines is 1. The molecule has 0 aliphatic carbocycles. The maximum Gasteiger partial charge on any atom is 0.336 e. The molecule has 170 valence electrons. The van der Waals surface area contributed by atoms with E-state index in [2.05, 4.69) is 4.72 Å². The second kappa shape index (κ2) is 8.54. The van der Waals surface area contributed by atoms with Crippen molar-refractivity contribution in [2.24, 2.45) is 0 Å². The van der Waals surface area contributed by atoms with Gasteiger partial charge in [0, 0.05) is 24.5 Å². The molecule has 0 radical (unpaired) electrons. The Morgan fingerprint density at radius 3 is 2.44 bits per heavy atom. The number of sulfonamides is 2. The number of nitrogens with one attached hydrogen (secondary N) is 1. The topological polar surface area (TPSA) is 132 Å². The van der Waals surface area contributed by atoms with Crippen molar-refractivity contribution in [3.05, 3.63) is 59.0 Å². The van der Waals surface area contributed by atoms with E-state index < -0.39 is 25.7 Å². The Kier molecular flexibility index (Phi) is 5.95. The van der Waals surface area contributed by atoms with Crippen LogP contribution < -0.4 is 15.1 Å². The number of hydrogen-bond donors (Lipinski definition) is 1. The number of fused-ring (bicyclic) bond motifs is 1. The SMILES string of the molecule is COc1ccc(NS(=O)(=O)c2ccc3oc(=O)ccc3c2)cc1S(=O)(=O)N1CCOCC1. The van der Waals surface area contributed by atoms with Gasteiger partial charge >= 0.3 is 5.63 Å². The van der Waals surface area contributed by atoms with E-state index in [1.54, 1.807) is 0 Å². The highest BCUT2D eigenvalue weighted by Crippen LogP contribution is 2.31. The Morgan fingerprint density at radius 2 is 1.72 bits per heavy atom. The Bertz CT molecular complexity index is 1430. The van der Waals surface area contributed by atoms with E-state index in [4.69, 9.17) is 13.9 Å². The molecule has 3 aromatic rings.